The summed E-state index contributed by atoms with van der Waals surface area (Å²) in [5.74, 6) is 1.29. The summed E-state index contributed by atoms with van der Waals surface area (Å²) in [7, 11) is 0. The Labute approximate surface area is 115 Å². The smallest absolute Gasteiger partial charge is 0.135 e. The molecule has 1 aromatic carbocycles. The van der Waals surface area contributed by atoms with Crippen LogP contribution in [0.3, 0.4) is 0 Å². The van der Waals surface area contributed by atoms with E-state index in [2.05, 4.69) is 9.97 Å². The van der Waals surface area contributed by atoms with Gasteiger partial charge in [-0.1, -0.05) is 17.7 Å². The van der Waals surface area contributed by atoms with Gasteiger partial charge in [-0.05, 0) is 30.5 Å². The number of hydrogen-bond donors (Lipinski definition) is 1. The number of anilines is 1. The van der Waals surface area contributed by atoms with E-state index in [9.17, 15) is 4.39 Å². The Hall–Kier alpha value is -1.68. The van der Waals surface area contributed by atoms with Gasteiger partial charge in [0, 0.05) is 29.1 Å². The second kappa shape index (κ2) is 4.78. The highest BCUT2D eigenvalue weighted by atomic mass is 35.5. The third-order valence-electron chi connectivity index (χ3n) is 3.17. The molecule has 3 rings (SSSR count). The monoisotopic (exact) mass is 277 g/mol. The molecule has 0 radical (unpaired) electrons. The van der Waals surface area contributed by atoms with Crippen LogP contribution in [0.5, 0.6) is 0 Å². The first-order chi connectivity index (χ1) is 9.11. The molecule has 1 heterocycles. The van der Waals surface area contributed by atoms with Gasteiger partial charge in [0.15, 0.2) is 0 Å². The molecule has 98 valence electrons. The number of nitrogens with zero attached hydrogens (tertiary/aromatic N) is 2. The molecule has 3 nitrogen and oxygen atoms in total. The minimum Gasteiger partial charge on any atom is -0.384 e. The number of aromatic nitrogens is 2. The maximum atomic E-state index is 13.0. The molecule has 1 aliphatic carbocycles. The normalized spacial score (nSPS) is 14.6. The summed E-state index contributed by atoms with van der Waals surface area (Å²) in [6, 6.07) is 6.16. The van der Waals surface area contributed by atoms with E-state index in [4.69, 9.17) is 17.3 Å². The zero-order chi connectivity index (χ0) is 13.4. The maximum absolute atomic E-state index is 13.0. The molecule has 0 saturated heterocycles. The van der Waals surface area contributed by atoms with Gasteiger partial charge < -0.3 is 5.73 Å². The Bertz CT molecular complexity index is 626. The molecule has 0 spiro atoms. The standard InChI is InChI=1S/C14H13ClFN3/c15-11-6-10(16)4-3-9(11)5-14-18-12(8-1-2-8)7-13(17)19-14/h3-4,6-8H,1-2,5H2,(H2,17,18,19). The number of nitrogens with two attached hydrogens (primary N) is 1. The number of benzene rings is 1. The fourth-order valence-corrected chi connectivity index (χ4v) is 2.28. The Balaban J connectivity index is 1.89. The van der Waals surface area contributed by atoms with Crippen LogP contribution in [0.4, 0.5) is 10.2 Å². The van der Waals surface area contributed by atoms with E-state index in [0.717, 1.165) is 24.1 Å². The lowest BCUT2D eigenvalue weighted by Gasteiger charge is -2.06. The van der Waals surface area contributed by atoms with Crippen LogP contribution in [-0.4, -0.2) is 9.97 Å². The van der Waals surface area contributed by atoms with Crippen LogP contribution in [0, 0.1) is 5.82 Å². The van der Waals surface area contributed by atoms with Gasteiger partial charge in [0.1, 0.15) is 17.5 Å². The molecule has 1 saturated carbocycles. The second-order valence-electron chi connectivity index (χ2n) is 4.82. The number of rotatable bonds is 3. The fourth-order valence-electron chi connectivity index (χ4n) is 2.04. The number of halogens is 2. The van der Waals surface area contributed by atoms with Crippen LogP contribution < -0.4 is 5.73 Å². The van der Waals surface area contributed by atoms with Gasteiger partial charge in [0.05, 0.1) is 0 Å². The predicted molar refractivity (Wildman–Crippen MR) is 72.6 cm³/mol. The molecule has 0 aliphatic heterocycles. The molecule has 1 aromatic heterocycles. The highest BCUT2D eigenvalue weighted by molar-refractivity contribution is 6.31. The van der Waals surface area contributed by atoms with Crippen molar-refractivity contribution in [3.63, 3.8) is 0 Å². The van der Waals surface area contributed by atoms with Crippen molar-refractivity contribution >= 4 is 17.4 Å². The third kappa shape index (κ3) is 2.84. The van der Waals surface area contributed by atoms with Gasteiger partial charge in [-0.3, -0.25) is 0 Å². The fraction of sp³-hybridized carbons (Fsp3) is 0.286. The number of hydrogen-bond acceptors (Lipinski definition) is 3. The van der Waals surface area contributed by atoms with Gasteiger partial charge in [-0.25, -0.2) is 14.4 Å². The van der Waals surface area contributed by atoms with E-state index in [1.165, 1.54) is 12.1 Å². The van der Waals surface area contributed by atoms with Gasteiger partial charge in [0.2, 0.25) is 0 Å². The summed E-state index contributed by atoms with van der Waals surface area (Å²) in [4.78, 5) is 8.73. The van der Waals surface area contributed by atoms with Crippen molar-refractivity contribution in [2.75, 3.05) is 5.73 Å². The predicted octanol–water partition coefficient (Wildman–Crippen LogP) is 3.32. The zero-order valence-corrected chi connectivity index (χ0v) is 11.0. The lowest BCUT2D eigenvalue weighted by atomic mass is 10.1. The zero-order valence-electron chi connectivity index (χ0n) is 10.2. The van der Waals surface area contributed by atoms with E-state index >= 15 is 0 Å². The minimum absolute atomic E-state index is 0.346. The molecule has 5 heteroatoms. The molecule has 2 N–H and O–H groups in total. The Morgan fingerprint density at radius 3 is 2.74 bits per heavy atom. The Kier molecular flexibility index (Phi) is 3.11. The molecule has 19 heavy (non-hydrogen) atoms. The first-order valence-electron chi connectivity index (χ1n) is 6.19. The molecular formula is C14H13ClFN3. The van der Waals surface area contributed by atoms with Gasteiger partial charge in [-0.15, -0.1) is 0 Å². The van der Waals surface area contributed by atoms with Gasteiger partial charge in [0.25, 0.3) is 0 Å². The SMILES string of the molecule is Nc1cc(C2CC2)nc(Cc2ccc(F)cc2Cl)n1. The number of nitrogen functional groups attached to an aromatic ring is 1. The average Bonchev–Trinajstić information content (AvgIpc) is 3.16. The van der Waals surface area contributed by atoms with Crippen molar-refractivity contribution in [2.45, 2.75) is 25.2 Å². The lowest BCUT2D eigenvalue weighted by Crippen LogP contribution is -2.04. The maximum Gasteiger partial charge on any atom is 0.135 e. The average molecular weight is 278 g/mol. The molecular weight excluding hydrogens is 265 g/mol. The summed E-state index contributed by atoms with van der Waals surface area (Å²) in [6.07, 6.45) is 2.78. The molecule has 0 unspecified atom stereocenters. The van der Waals surface area contributed by atoms with Crippen LogP contribution in [0.25, 0.3) is 0 Å². The molecule has 0 atom stereocenters. The summed E-state index contributed by atoms with van der Waals surface area (Å²) in [6.45, 7) is 0. The molecule has 1 fully saturated rings. The van der Waals surface area contributed by atoms with Gasteiger partial charge >= 0.3 is 0 Å². The summed E-state index contributed by atoms with van der Waals surface area (Å²) in [5, 5.41) is 0.388. The quantitative estimate of drug-likeness (QED) is 0.936. The van der Waals surface area contributed by atoms with Crippen molar-refractivity contribution in [3.8, 4) is 0 Å². The Morgan fingerprint density at radius 1 is 1.26 bits per heavy atom. The summed E-state index contributed by atoms with van der Waals surface area (Å²) >= 11 is 6.01. The second-order valence-corrected chi connectivity index (χ2v) is 5.23. The third-order valence-corrected chi connectivity index (χ3v) is 3.52. The highest BCUT2D eigenvalue weighted by Gasteiger charge is 2.25. The highest BCUT2D eigenvalue weighted by Crippen LogP contribution is 2.39. The summed E-state index contributed by atoms with van der Waals surface area (Å²) in [5.41, 5.74) is 7.60. The van der Waals surface area contributed by atoms with Crippen molar-refractivity contribution in [2.24, 2.45) is 0 Å². The summed E-state index contributed by atoms with van der Waals surface area (Å²) < 4.78 is 13.0. The van der Waals surface area contributed by atoms with Crippen molar-refractivity contribution in [1.29, 1.82) is 0 Å². The van der Waals surface area contributed by atoms with E-state index < -0.39 is 0 Å². The minimum atomic E-state index is -0.346. The van der Waals surface area contributed by atoms with Crippen LogP contribution in [-0.2, 0) is 6.42 Å². The molecule has 0 amide bonds. The van der Waals surface area contributed by atoms with Crippen LogP contribution in [0.2, 0.25) is 5.02 Å². The Morgan fingerprint density at radius 2 is 2.05 bits per heavy atom. The van der Waals surface area contributed by atoms with Crippen molar-refractivity contribution in [1.82, 2.24) is 9.97 Å². The van der Waals surface area contributed by atoms with E-state index in [1.54, 1.807) is 6.07 Å². The first kappa shape index (κ1) is 12.4. The topological polar surface area (TPSA) is 51.8 Å². The van der Waals surface area contributed by atoms with Gasteiger partial charge in [-0.2, -0.15) is 0 Å². The van der Waals surface area contributed by atoms with E-state index in [0.29, 0.717) is 29.0 Å². The van der Waals surface area contributed by atoms with Crippen LogP contribution in [0.1, 0.15) is 35.8 Å². The van der Waals surface area contributed by atoms with Crippen LogP contribution in [0.15, 0.2) is 24.3 Å². The molecule has 0 bridgehead atoms. The van der Waals surface area contributed by atoms with E-state index in [1.807, 2.05) is 6.07 Å². The lowest BCUT2D eigenvalue weighted by molar-refractivity contribution is 0.627. The largest absolute Gasteiger partial charge is 0.384 e. The first-order valence-corrected chi connectivity index (χ1v) is 6.57. The molecule has 1 aliphatic rings. The van der Waals surface area contributed by atoms with Crippen molar-refractivity contribution in [3.05, 3.63) is 52.2 Å². The van der Waals surface area contributed by atoms with Crippen molar-refractivity contribution < 1.29 is 4.39 Å². The van der Waals surface area contributed by atoms with Crippen LogP contribution >= 0.6 is 11.6 Å². The molecule has 2 aromatic rings. The van der Waals surface area contributed by atoms with E-state index in [-0.39, 0.29) is 5.82 Å².